The largest absolute Gasteiger partial charge is 0.493 e. The number of amides is 2. The van der Waals surface area contributed by atoms with Crippen LogP contribution in [0.15, 0.2) is 42.5 Å². The Morgan fingerprint density at radius 2 is 1.58 bits per heavy atom. The summed E-state index contributed by atoms with van der Waals surface area (Å²) in [5.41, 5.74) is 7.19. The highest BCUT2D eigenvalue weighted by atomic mass is 16.5. The van der Waals surface area contributed by atoms with Crippen LogP contribution in [0, 0.1) is 13.8 Å². The number of hydrogen-bond donors (Lipinski definition) is 2. The van der Waals surface area contributed by atoms with Crippen molar-refractivity contribution < 1.29 is 19.1 Å². The number of ether oxygens (including phenoxy) is 2. The van der Waals surface area contributed by atoms with E-state index in [1.165, 1.54) is 7.11 Å². The Morgan fingerprint density at radius 1 is 0.917 bits per heavy atom. The fraction of sp³-hybridized carbons (Fsp3) is 0.222. The zero-order valence-electron chi connectivity index (χ0n) is 13.9. The molecule has 0 aliphatic rings. The molecular weight excluding hydrogens is 308 g/mol. The van der Waals surface area contributed by atoms with Crippen LogP contribution in [0.3, 0.4) is 0 Å². The van der Waals surface area contributed by atoms with E-state index in [0.29, 0.717) is 17.1 Å². The summed E-state index contributed by atoms with van der Waals surface area (Å²) in [4.78, 5) is 23.7. The van der Waals surface area contributed by atoms with E-state index in [1.54, 1.807) is 18.2 Å². The van der Waals surface area contributed by atoms with Crippen molar-refractivity contribution in [3.8, 4) is 11.5 Å². The minimum absolute atomic E-state index is 0.242. The third kappa shape index (κ3) is 4.74. The van der Waals surface area contributed by atoms with Crippen LogP contribution >= 0.6 is 0 Å². The van der Waals surface area contributed by atoms with Crippen LogP contribution in [0.2, 0.25) is 0 Å². The summed E-state index contributed by atoms with van der Waals surface area (Å²) in [6.07, 6.45) is 0. The molecule has 0 saturated heterocycles. The molecule has 0 aliphatic heterocycles. The average Bonchev–Trinajstić information content (AvgIpc) is 2.59. The Balaban J connectivity index is 1.83. The molecule has 2 amide bonds. The zero-order valence-corrected chi connectivity index (χ0v) is 13.9. The molecule has 0 fully saturated rings. The van der Waals surface area contributed by atoms with Crippen LogP contribution < -0.4 is 20.3 Å². The number of methoxy groups -OCH3 is 1. The summed E-state index contributed by atoms with van der Waals surface area (Å²) in [7, 11) is 1.53. The van der Waals surface area contributed by atoms with E-state index in [4.69, 9.17) is 9.47 Å². The normalized spacial score (nSPS) is 9.96. The number of carbonyl (C=O) groups excluding carboxylic acids is 2. The summed E-state index contributed by atoms with van der Waals surface area (Å²) < 4.78 is 10.6. The third-order valence-corrected chi connectivity index (χ3v) is 3.31. The highest BCUT2D eigenvalue weighted by molar-refractivity contribution is 5.95. The Labute approximate surface area is 140 Å². The molecule has 0 unspecified atom stereocenters. The van der Waals surface area contributed by atoms with Crippen molar-refractivity contribution in [3.63, 3.8) is 0 Å². The Kier molecular flexibility index (Phi) is 5.78. The maximum atomic E-state index is 11.9. The molecule has 6 heteroatoms. The molecule has 2 aromatic rings. The average molecular weight is 328 g/mol. The molecule has 0 aliphatic carbocycles. The molecule has 0 heterocycles. The van der Waals surface area contributed by atoms with Gasteiger partial charge in [0.15, 0.2) is 18.1 Å². The minimum atomic E-state index is -0.474. The van der Waals surface area contributed by atoms with Gasteiger partial charge in [-0.1, -0.05) is 23.8 Å². The van der Waals surface area contributed by atoms with E-state index < -0.39 is 11.8 Å². The second-order valence-electron chi connectivity index (χ2n) is 5.31. The first kappa shape index (κ1) is 17.3. The lowest BCUT2D eigenvalue weighted by atomic mass is 10.1. The van der Waals surface area contributed by atoms with Crippen molar-refractivity contribution in [2.24, 2.45) is 0 Å². The van der Waals surface area contributed by atoms with Gasteiger partial charge in [-0.2, -0.15) is 0 Å². The van der Waals surface area contributed by atoms with Crippen molar-refractivity contribution in [3.05, 3.63) is 59.2 Å². The van der Waals surface area contributed by atoms with Gasteiger partial charge < -0.3 is 9.47 Å². The number of hydrazine groups is 1. The molecule has 0 spiro atoms. The van der Waals surface area contributed by atoms with Crippen LogP contribution in [-0.4, -0.2) is 25.5 Å². The number of benzene rings is 2. The maximum absolute atomic E-state index is 11.9. The summed E-state index contributed by atoms with van der Waals surface area (Å²) in [6.45, 7) is 3.62. The lowest BCUT2D eigenvalue weighted by molar-refractivity contribution is -0.123. The molecule has 0 radical (unpaired) electrons. The number of carbonyl (C=O) groups is 2. The van der Waals surface area contributed by atoms with E-state index in [0.717, 1.165) is 11.1 Å². The SMILES string of the molecule is COc1cc(C)ccc1OCC(=O)NNC(=O)c1ccc(C)cc1. The predicted octanol–water partition coefficient (Wildman–Crippen LogP) is 2.15. The van der Waals surface area contributed by atoms with Gasteiger partial charge in [-0.25, -0.2) is 0 Å². The molecule has 6 nitrogen and oxygen atoms in total. The molecular formula is C18H20N2O4. The second kappa shape index (κ2) is 8.01. The molecule has 0 saturated carbocycles. The number of nitrogens with one attached hydrogen (secondary N) is 2. The topological polar surface area (TPSA) is 76.7 Å². The first-order valence-corrected chi connectivity index (χ1v) is 7.43. The van der Waals surface area contributed by atoms with Gasteiger partial charge in [-0.15, -0.1) is 0 Å². The van der Waals surface area contributed by atoms with E-state index in [-0.39, 0.29) is 6.61 Å². The number of hydrogen-bond acceptors (Lipinski definition) is 4. The third-order valence-electron chi connectivity index (χ3n) is 3.31. The fourth-order valence-electron chi connectivity index (χ4n) is 1.98. The smallest absolute Gasteiger partial charge is 0.276 e. The van der Waals surface area contributed by atoms with E-state index >= 15 is 0 Å². The predicted molar refractivity (Wildman–Crippen MR) is 90.0 cm³/mol. The van der Waals surface area contributed by atoms with E-state index in [2.05, 4.69) is 10.9 Å². The molecule has 126 valence electrons. The molecule has 2 N–H and O–H groups in total. The van der Waals surface area contributed by atoms with Gasteiger partial charge >= 0.3 is 0 Å². The number of aryl methyl sites for hydroxylation is 2. The van der Waals surface area contributed by atoms with Gasteiger partial charge in [0.2, 0.25) is 0 Å². The van der Waals surface area contributed by atoms with Gasteiger partial charge in [-0.3, -0.25) is 20.4 Å². The molecule has 2 aromatic carbocycles. The highest BCUT2D eigenvalue weighted by Crippen LogP contribution is 2.27. The van der Waals surface area contributed by atoms with Crippen molar-refractivity contribution in [1.29, 1.82) is 0 Å². The summed E-state index contributed by atoms with van der Waals surface area (Å²) in [5, 5.41) is 0. The Hall–Kier alpha value is -3.02. The quantitative estimate of drug-likeness (QED) is 0.825. The summed E-state index contributed by atoms with van der Waals surface area (Å²) in [5.74, 6) is 0.143. The summed E-state index contributed by atoms with van der Waals surface area (Å²) >= 11 is 0. The van der Waals surface area contributed by atoms with Gasteiger partial charge in [-0.05, 0) is 43.7 Å². The van der Waals surface area contributed by atoms with Crippen LogP contribution in [0.5, 0.6) is 11.5 Å². The van der Waals surface area contributed by atoms with Crippen molar-refractivity contribution in [1.82, 2.24) is 10.9 Å². The summed E-state index contributed by atoms with van der Waals surface area (Å²) in [6, 6.07) is 12.4. The fourth-order valence-corrected chi connectivity index (χ4v) is 1.98. The lowest BCUT2D eigenvalue weighted by Gasteiger charge is -2.12. The van der Waals surface area contributed by atoms with Crippen LogP contribution in [-0.2, 0) is 4.79 Å². The van der Waals surface area contributed by atoms with Gasteiger partial charge in [0.1, 0.15) is 0 Å². The first-order valence-electron chi connectivity index (χ1n) is 7.43. The second-order valence-corrected chi connectivity index (χ2v) is 5.31. The van der Waals surface area contributed by atoms with Gasteiger partial charge in [0, 0.05) is 5.56 Å². The zero-order chi connectivity index (χ0) is 17.5. The lowest BCUT2D eigenvalue weighted by Crippen LogP contribution is -2.43. The molecule has 0 bridgehead atoms. The van der Waals surface area contributed by atoms with E-state index in [1.807, 2.05) is 38.1 Å². The van der Waals surface area contributed by atoms with Crippen LogP contribution in [0.25, 0.3) is 0 Å². The van der Waals surface area contributed by atoms with Gasteiger partial charge in [0.05, 0.1) is 7.11 Å². The monoisotopic (exact) mass is 328 g/mol. The van der Waals surface area contributed by atoms with Crippen molar-refractivity contribution >= 4 is 11.8 Å². The maximum Gasteiger partial charge on any atom is 0.276 e. The molecule has 24 heavy (non-hydrogen) atoms. The van der Waals surface area contributed by atoms with Crippen molar-refractivity contribution in [2.45, 2.75) is 13.8 Å². The first-order chi connectivity index (χ1) is 11.5. The highest BCUT2D eigenvalue weighted by Gasteiger charge is 2.10. The standard InChI is InChI=1S/C18H20N2O4/c1-12-4-7-14(8-5-12)18(22)20-19-17(21)11-24-15-9-6-13(2)10-16(15)23-3/h4-10H,11H2,1-3H3,(H,19,21)(H,20,22). The van der Waals surface area contributed by atoms with E-state index in [9.17, 15) is 9.59 Å². The molecule has 0 atom stereocenters. The van der Waals surface area contributed by atoms with Crippen LogP contribution in [0.1, 0.15) is 21.5 Å². The van der Waals surface area contributed by atoms with Crippen molar-refractivity contribution in [2.75, 3.05) is 13.7 Å². The minimum Gasteiger partial charge on any atom is -0.493 e. The number of rotatable bonds is 5. The molecule has 0 aromatic heterocycles. The Bertz CT molecular complexity index is 726. The van der Waals surface area contributed by atoms with Gasteiger partial charge in [0.25, 0.3) is 11.8 Å². The molecule has 2 rings (SSSR count). The van der Waals surface area contributed by atoms with Crippen LogP contribution in [0.4, 0.5) is 0 Å². The Morgan fingerprint density at radius 3 is 2.25 bits per heavy atom.